The monoisotopic (exact) mass is 230 g/mol. The van der Waals surface area contributed by atoms with Crippen molar-refractivity contribution in [2.24, 2.45) is 5.73 Å². The number of nitrogens with two attached hydrogens (primary N) is 1. The summed E-state index contributed by atoms with van der Waals surface area (Å²) < 4.78 is 5.49. The van der Waals surface area contributed by atoms with Crippen LogP contribution in [0.5, 0.6) is 0 Å². The van der Waals surface area contributed by atoms with Crippen molar-refractivity contribution < 1.29 is 9.53 Å². The minimum Gasteiger partial charge on any atom is -0.374 e. The molecular formula is C12H26N2O2. The first-order valence-electron chi connectivity index (χ1n) is 5.86. The van der Waals surface area contributed by atoms with Gasteiger partial charge in [-0.2, -0.15) is 0 Å². The third kappa shape index (κ3) is 8.68. The molecule has 0 spiro atoms. The summed E-state index contributed by atoms with van der Waals surface area (Å²) in [6.45, 7) is 10.9. The molecule has 0 aromatic heterocycles. The van der Waals surface area contributed by atoms with E-state index in [0.29, 0.717) is 26.0 Å². The second kappa shape index (κ2) is 6.21. The second-order valence-electron chi connectivity index (χ2n) is 5.46. The molecule has 0 aromatic rings. The van der Waals surface area contributed by atoms with Crippen LogP contribution in [0, 0.1) is 0 Å². The van der Waals surface area contributed by atoms with Gasteiger partial charge in [-0.05, 0) is 41.0 Å². The number of hydrogen-bond acceptors (Lipinski definition) is 3. The Morgan fingerprint density at radius 3 is 2.31 bits per heavy atom. The van der Waals surface area contributed by atoms with Gasteiger partial charge in [0, 0.05) is 25.1 Å². The molecule has 0 aliphatic carbocycles. The van der Waals surface area contributed by atoms with Crippen molar-refractivity contribution in [3.05, 3.63) is 0 Å². The molecule has 3 N–H and O–H groups in total. The number of nitrogens with one attached hydrogen (secondary N) is 1. The Kier molecular flexibility index (Phi) is 5.97. The molecule has 0 bridgehead atoms. The average Bonchev–Trinajstić information content (AvgIpc) is 2.10. The number of ether oxygens (including phenoxy) is 1. The maximum atomic E-state index is 11.5. The summed E-state index contributed by atoms with van der Waals surface area (Å²) in [5.41, 5.74) is 5.22. The van der Waals surface area contributed by atoms with Gasteiger partial charge in [-0.1, -0.05) is 0 Å². The van der Waals surface area contributed by atoms with E-state index in [9.17, 15) is 4.79 Å². The average molecular weight is 230 g/mol. The summed E-state index contributed by atoms with van der Waals surface area (Å²) in [4.78, 5) is 11.5. The fourth-order valence-electron chi connectivity index (χ4n) is 1.28. The molecule has 0 unspecified atom stereocenters. The van der Waals surface area contributed by atoms with Crippen LogP contribution in [0.3, 0.4) is 0 Å². The third-order valence-electron chi connectivity index (χ3n) is 2.24. The van der Waals surface area contributed by atoms with E-state index in [1.165, 1.54) is 0 Å². The van der Waals surface area contributed by atoms with Crippen LogP contribution in [-0.2, 0) is 9.53 Å². The van der Waals surface area contributed by atoms with E-state index in [0.717, 1.165) is 0 Å². The van der Waals surface area contributed by atoms with Gasteiger partial charge >= 0.3 is 0 Å². The van der Waals surface area contributed by atoms with E-state index < -0.39 is 0 Å². The van der Waals surface area contributed by atoms with Crippen molar-refractivity contribution in [1.29, 1.82) is 0 Å². The van der Waals surface area contributed by atoms with Gasteiger partial charge in [-0.15, -0.1) is 0 Å². The first-order valence-corrected chi connectivity index (χ1v) is 5.86. The van der Waals surface area contributed by atoms with Crippen LogP contribution >= 0.6 is 0 Å². The number of carbonyl (C=O) groups excluding carboxylic acids is 1. The number of amides is 1. The molecule has 0 saturated heterocycles. The molecule has 16 heavy (non-hydrogen) atoms. The van der Waals surface area contributed by atoms with Gasteiger partial charge < -0.3 is 15.8 Å². The van der Waals surface area contributed by atoms with Crippen molar-refractivity contribution in [1.82, 2.24) is 5.32 Å². The minimum absolute atomic E-state index is 0.0336. The lowest BCUT2D eigenvalue weighted by Gasteiger charge is -2.25. The van der Waals surface area contributed by atoms with Crippen LogP contribution in [0.4, 0.5) is 0 Å². The van der Waals surface area contributed by atoms with Gasteiger partial charge in [0.1, 0.15) is 0 Å². The second-order valence-corrected chi connectivity index (χ2v) is 5.46. The van der Waals surface area contributed by atoms with Gasteiger partial charge in [-0.25, -0.2) is 0 Å². The highest BCUT2D eigenvalue weighted by molar-refractivity contribution is 5.76. The fraction of sp³-hybridized carbons (Fsp3) is 0.917. The van der Waals surface area contributed by atoms with Gasteiger partial charge in [0.25, 0.3) is 0 Å². The molecule has 0 aromatic carbocycles. The standard InChI is InChI=1S/C12H26N2O2/c1-6-16-12(4,5)9-14-10(15)7-8-11(2,3)13/h6-9,13H2,1-5H3,(H,14,15). The van der Waals surface area contributed by atoms with Crippen LogP contribution < -0.4 is 11.1 Å². The Hall–Kier alpha value is -0.610. The molecule has 96 valence electrons. The molecule has 0 heterocycles. The quantitative estimate of drug-likeness (QED) is 0.695. The molecule has 0 fully saturated rings. The van der Waals surface area contributed by atoms with E-state index in [1.54, 1.807) is 0 Å². The van der Waals surface area contributed by atoms with Crippen LogP contribution in [-0.4, -0.2) is 30.2 Å². The largest absolute Gasteiger partial charge is 0.374 e. The Labute approximate surface area is 98.9 Å². The van der Waals surface area contributed by atoms with Gasteiger partial charge in [0.2, 0.25) is 5.91 Å². The molecular weight excluding hydrogens is 204 g/mol. The molecule has 0 saturated carbocycles. The van der Waals surface area contributed by atoms with Crippen molar-refractivity contribution in [2.45, 2.75) is 58.6 Å². The van der Waals surface area contributed by atoms with E-state index in [1.807, 2.05) is 34.6 Å². The normalized spacial score (nSPS) is 12.6. The minimum atomic E-state index is -0.303. The number of hydrogen-bond donors (Lipinski definition) is 2. The zero-order chi connectivity index (χ0) is 12.8. The van der Waals surface area contributed by atoms with E-state index in [4.69, 9.17) is 10.5 Å². The Morgan fingerprint density at radius 1 is 1.31 bits per heavy atom. The van der Waals surface area contributed by atoms with Gasteiger partial charge in [-0.3, -0.25) is 4.79 Å². The molecule has 0 rings (SSSR count). The van der Waals surface area contributed by atoms with Crippen LogP contribution in [0.2, 0.25) is 0 Å². The van der Waals surface area contributed by atoms with Crippen LogP contribution in [0.1, 0.15) is 47.5 Å². The maximum absolute atomic E-state index is 11.5. The smallest absolute Gasteiger partial charge is 0.220 e. The van der Waals surface area contributed by atoms with E-state index >= 15 is 0 Å². The molecule has 4 heteroatoms. The summed E-state index contributed by atoms with van der Waals surface area (Å²) in [7, 11) is 0. The first kappa shape index (κ1) is 15.4. The molecule has 1 amide bonds. The summed E-state index contributed by atoms with van der Waals surface area (Å²) in [5, 5.41) is 2.86. The third-order valence-corrected chi connectivity index (χ3v) is 2.24. The van der Waals surface area contributed by atoms with E-state index in [2.05, 4.69) is 5.32 Å². The lowest BCUT2D eigenvalue weighted by molar-refractivity contribution is -0.123. The summed E-state index contributed by atoms with van der Waals surface area (Å²) in [5.74, 6) is 0.0336. The Morgan fingerprint density at radius 2 is 1.88 bits per heavy atom. The predicted octanol–water partition coefficient (Wildman–Crippen LogP) is 1.44. The lowest BCUT2D eigenvalue weighted by Crippen LogP contribution is -2.41. The first-order chi connectivity index (χ1) is 7.16. The number of carbonyl (C=O) groups is 1. The highest BCUT2D eigenvalue weighted by atomic mass is 16.5. The topological polar surface area (TPSA) is 64.3 Å². The summed E-state index contributed by atoms with van der Waals surface area (Å²) >= 11 is 0. The van der Waals surface area contributed by atoms with Crippen LogP contribution in [0.25, 0.3) is 0 Å². The molecule has 0 radical (unpaired) electrons. The SMILES string of the molecule is CCOC(C)(C)CNC(=O)CCC(C)(C)N. The van der Waals surface area contributed by atoms with Crippen molar-refractivity contribution in [2.75, 3.05) is 13.2 Å². The highest BCUT2D eigenvalue weighted by Gasteiger charge is 2.19. The summed E-state index contributed by atoms with van der Waals surface area (Å²) in [6.07, 6.45) is 1.15. The zero-order valence-electron chi connectivity index (χ0n) is 11.2. The number of rotatable bonds is 7. The predicted molar refractivity (Wildman–Crippen MR) is 66.2 cm³/mol. The molecule has 4 nitrogen and oxygen atoms in total. The molecule has 0 aliphatic heterocycles. The van der Waals surface area contributed by atoms with Crippen LogP contribution in [0.15, 0.2) is 0 Å². The van der Waals surface area contributed by atoms with Gasteiger partial charge in [0.05, 0.1) is 5.60 Å². The van der Waals surface area contributed by atoms with Crippen molar-refractivity contribution >= 4 is 5.91 Å². The highest BCUT2D eigenvalue weighted by Crippen LogP contribution is 2.09. The van der Waals surface area contributed by atoms with Crippen molar-refractivity contribution in [3.63, 3.8) is 0 Å². The van der Waals surface area contributed by atoms with Crippen molar-refractivity contribution in [3.8, 4) is 0 Å². The van der Waals surface area contributed by atoms with Gasteiger partial charge in [0.15, 0.2) is 0 Å². The maximum Gasteiger partial charge on any atom is 0.220 e. The molecule has 0 atom stereocenters. The fourth-order valence-corrected chi connectivity index (χ4v) is 1.28. The zero-order valence-corrected chi connectivity index (χ0v) is 11.2. The Bertz CT molecular complexity index is 220. The summed E-state index contributed by atoms with van der Waals surface area (Å²) in [6, 6.07) is 0. The van der Waals surface area contributed by atoms with E-state index in [-0.39, 0.29) is 17.0 Å². The molecule has 0 aliphatic rings. The lowest BCUT2D eigenvalue weighted by atomic mass is 10.00. The Balaban J connectivity index is 3.81.